The van der Waals surface area contributed by atoms with E-state index in [0.29, 0.717) is 10.0 Å². The van der Waals surface area contributed by atoms with Gasteiger partial charge in [0.1, 0.15) is 0 Å². The van der Waals surface area contributed by atoms with Crippen molar-refractivity contribution in [1.82, 2.24) is 0 Å². The van der Waals surface area contributed by atoms with Gasteiger partial charge in [-0.1, -0.05) is 59.6 Å². The van der Waals surface area contributed by atoms with Crippen molar-refractivity contribution in [2.75, 3.05) is 0 Å². The predicted molar refractivity (Wildman–Crippen MR) is 77.6 cm³/mol. The molecule has 0 unspecified atom stereocenters. The number of hydrogen-bond acceptors (Lipinski definition) is 1. The fourth-order valence-electron chi connectivity index (χ4n) is 1.27. The molecule has 2 aromatic rings. The maximum atomic E-state index is 10.6. The molecule has 2 aromatic carbocycles. The Morgan fingerprint density at radius 3 is 1.94 bits per heavy atom. The molecule has 0 spiro atoms. The molecule has 1 nitrogen and oxygen atoms in total. The second-order valence-corrected chi connectivity index (χ2v) is 4.65. The summed E-state index contributed by atoms with van der Waals surface area (Å²) in [5, 5.41) is 1.24. The lowest BCUT2D eigenvalue weighted by molar-refractivity contribution is 0.101. The minimum Gasteiger partial charge on any atom is -0.295 e. The van der Waals surface area contributed by atoms with Gasteiger partial charge in [-0.25, -0.2) is 0 Å². The topological polar surface area (TPSA) is 17.1 Å². The van der Waals surface area contributed by atoms with Gasteiger partial charge in [-0.2, -0.15) is 0 Å². The van der Waals surface area contributed by atoms with Crippen LogP contribution in [0.5, 0.6) is 0 Å². The smallest absolute Gasteiger partial charge is 0.159 e. The summed E-state index contributed by atoms with van der Waals surface area (Å²) >= 11 is 11.3. The molecule has 0 aliphatic rings. The average molecular weight is 281 g/mol. The fraction of sp³-hybridized carbons (Fsp3) is 0.133. The van der Waals surface area contributed by atoms with Gasteiger partial charge < -0.3 is 0 Å². The van der Waals surface area contributed by atoms with Crippen LogP contribution in [0.15, 0.2) is 48.5 Å². The Morgan fingerprint density at radius 1 is 0.944 bits per heavy atom. The van der Waals surface area contributed by atoms with Gasteiger partial charge in [0.25, 0.3) is 0 Å². The van der Waals surface area contributed by atoms with Crippen molar-refractivity contribution < 1.29 is 4.79 Å². The lowest BCUT2D eigenvalue weighted by Crippen LogP contribution is -1.88. The first-order valence-electron chi connectivity index (χ1n) is 5.48. The molecule has 0 aromatic heterocycles. The summed E-state index contributed by atoms with van der Waals surface area (Å²) in [6.45, 7) is 3.54. The van der Waals surface area contributed by atoms with Gasteiger partial charge in [-0.3, -0.25) is 4.79 Å². The van der Waals surface area contributed by atoms with Crippen LogP contribution in [0.1, 0.15) is 22.8 Å². The number of carbonyl (C=O) groups excluding carboxylic acids is 1. The summed E-state index contributed by atoms with van der Waals surface area (Å²) in [6.07, 6.45) is 0. The molecule has 3 heteroatoms. The number of rotatable bonds is 1. The normalized spacial score (nSPS) is 9.33. The Morgan fingerprint density at radius 2 is 1.56 bits per heavy atom. The Balaban J connectivity index is 0.000000180. The first kappa shape index (κ1) is 14.7. The largest absolute Gasteiger partial charge is 0.295 e. The monoisotopic (exact) mass is 280 g/mol. The molecule has 18 heavy (non-hydrogen) atoms. The average Bonchev–Trinajstić information content (AvgIpc) is 2.36. The van der Waals surface area contributed by atoms with Gasteiger partial charge in [0, 0.05) is 5.56 Å². The molecule has 0 saturated carbocycles. The molecule has 0 atom stereocenters. The van der Waals surface area contributed by atoms with E-state index in [1.54, 1.807) is 13.0 Å². The van der Waals surface area contributed by atoms with Crippen molar-refractivity contribution in [1.29, 1.82) is 0 Å². The van der Waals surface area contributed by atoms with E-state index in [9.17, 15) is 4.79 Å². The zero-order valence-corrected chi connectivity index (χ0v) is 11.8. The van der Waals surface area contributed by atoms with Gasteiger partial charge in [-0.05, 0) is 31.5 Å². The summed E-state index contributed by atoms with van der Waals surface area (Å²) in [4.78, 5) is 10.6. The standard InChI is InChI=1S/C8H8O.C7H6Cl2/c1-7(9)8-5-3-2-4-6-8;1-5-2-3-6(8)7(9)4-5/h2-6H,1H3;2-4H,1H3. The lowest BCUT2D eigenvalue weighted by atomic mass is 10.2. The van der Waals surface area contributed by atoms with E-state index < -0.39 is 0 Å². The Bertz CT molecular complexity index is 521. The third kappa shape index (κ3) is 4.91. The third-order valence-electron chi connectivity index (χ3n) is 2.26. The van der Waals surface area contributed by atoms with E-state index in [2.05, 4.69) is 0 Å². The van der Waals surface area contributed by atoms with Gasteiger partial charge in [0.2, 0.25) is 0 Å². The highest BCUT2D eigenvalue weighted by Gasteiger charge is 1.94. The molecular formula is C15H14Cl2O. The van der Waals surface area contributed by atoms with Crippen LogP contribution >= 0.6 is 23.2 Å². The molecule has 0 aliphatic heterocycles. The Hall–Kier alpha value is -1.31. The van der Waals surface area contributed by atoms with Crippen molar-refractivity contribution >= 4 is 29.0 Å². The Labute approximate surface area is 117 Å². The van der Waals surface area contributed by atoms with Gasteiger partial charge in [-0.15, -0.1) is 0 Å². The van der Waals surface area contributed by atoms with Crippen LogP contribution in [0.2, 0.25) is 10.0 Å². The number of hydrogen-bond donors (Lipinski definition) is 0. The molecule has 0 bridgehead atoms. The summed E-state index contributed by atoms with van der Waals surface area (Å²) in [5.41, 5.74) is 1.90. The molecular weight excluding hydrogens is 267 g/mol. The summed E-state index contributed by atoms with van der Waals surface area (Å²) < 4.78 is 0. The predicted octanol–water partition coefficient (Wildman–Crippen LogP) is 5.19. The molecule has 0 N–H and O–H groups in total. The maximum Gasteiger partial charge on any atom is 0.159 e. The first-order chi connectivity index (χ1) is 8.50. The van der Waals surface area contributed by atoms with Crippen molar-refractivity contribution in [3.05, 3.63) is 69.7 Å². The minimum absolute atomic E-state index is 0.121. The van der Waals surface area contributed by atoms with Crippen molar-refractivity contribution in [2.45, 2.75) is 13.8 Å². The summed E-state index contributed by atoms with van der Waals surface area (Å²) in [6, 6.07) is 14.8. The molecule has 0 aliphatic carbocycles. The fourth-order valence-corrected chi connectivity index (χ4v) is 1.63. The van der Waals surface area contributed by atoms with Crippen LogP contribution in [-0.2, 0) is 0 Å². The minimum atomic E-state index is 0.121. The van der Waals surface area contributed by atoms with Crippen molar-refractivity contribution in [2.24, 2.45) is 0 Å². The molecule has 0 heterocycles. The number of Topliss-reactive ketones (excluding diaryl/α,β-unsaturated/α-hetero) is 1. The van der Waals surface area contributed by atoms with Crippen LogP contribution in [0.25, 0.3) is 0 Å². The Kier molecular flexibility index (Phi) is 5.90. The summed E-state index contributed by atoms with van der Waals surface area (Å²) in [7, 11) is 0. The number of halogens is 2. The highest BCUT2D eigenvalue weighted by molar-refractivity contribution is 6.41. The van der Waals surface area contributed by atoms with E-state index in [1.807, 2.05) is 49.4 Å². The zero-order valence-electron chi connectivity index (χ0n) is 10.3. The van der Waals surface area contributed by atoms with Crippen LogP contribution in [-0.4, -0.2) is 5.78 Å². The van der Waals surface area contributed by atoms with Crippen LogP contribution in [0.3, 0.4) is 0 Å². The van der Waals surface area contributed by atoms with E-state index in [-0.39, 0.29) is 5.78 Å². The first-order valence-corrected chi connectivity index (χ1v) is 6.24. The third-order valence-corrected chi connectivity index (χ3v) is 2.99. The second kappa shape index (κ2) is 7.20. The highest BCUT2D eigenvalue weighted by Crippen LogP contribution is 2.21. The van der Waals surface area contributed by atoms with Crippen molar-refractivity contribution in [3.63, 3.8) is 0 Å². The van der Waals surface area contributed by atoms with Crippen LogP contribution in [0.4, 0.5) is 0 Å². The second-order valence-electron chi connectivity index (χ2n) is 3.84. The maximum absolute atomic E-state index is 10.6. The number of ketones is 1. The molecule has 0 fully saturated rings. The van der Waals surface area contributed by atoms with Crippen LogP contribution in [0, 0.1) is 6.92 Å². The molecule has 94 valence electrons. The molecule has 0 radical (unpaired) electrons. The van der Waals surface area contributed by atoms with Crippen LogP contribution < -0.4 is 0 Å². The SMILES string of the molecule is CC(=O)c1ccccc1.Cc1ccc(Cl)c(Cl)c1. The van der Waals surface area contributed by atoms with E-state index in [0.717, 1.165) is 11.1 Å². The number of benzene rings is 2. The van der Waals surface area contributed by atoms with Gasteiger partial charge >= 0.3 is 0 Å². The molecule has 2 rings (SSSR count). The number of carbonyl (C=O) groups is 1. The van der Waals surface area contributed by atoms with E-state index >= 15 is 0 Å². The van der Waals surface area contributed by atoms with E-state index in [1.165, 1.54) is 0 Å². The molecule has 0 saturated heterocycles. The van der Waals surface area contributed by atoms with Gasteiger partial charge in [0.05, 0.1) is 10.0 Å². The summed E-state index contributed by atoms with van der Waals surface area (Å²) in [5.74, 6) is 0.121. The number of aryl methyl sites for hydroxylation is 1. The van der Waals surface area contributed by atoms with E-state index in [4.69, 9.17) is 23.2 Å². The highest BCUT2D eigenvalue weighted by atomic mass is 35.5. The lowest BCUT2D eigenvalue weighted by Gasteiger charge is -1.94. The van der Waals surface area contributed by atoms with Gasteiger partial charge in [0.15, 0.2) is 5.78 Å². The zero-order chi connectivity index (χ0) is 13.5. The van der Waals surface area contributed by atoms with Crippen molar-refractivity contribution in [3.8, 4) is 0 Å². The quantitative estimate of drug-likeness (QED) is 0.657. The molecule has 0 amide bonds.